The molecular formula is C10H18O3. The molecule has 0 aliphatic heterocycles. The van der Waals surface area contributed by atoms with Crippen molar-refractivity contribution in [2.45, 2.75) is 44.6 Å². The minimum absolute atomic E-state index is 0.124. The molecule has 0 aliphatic carbocycles. The zero-order valence-corrected chi connectivity index (χ0v) is 8.12. The first-order chi connectivity index (χ1) is 6.04. The molecule has 0 rings (SSSR count). The summed E-state index contributed by atoms with van der Waals surface area (Å²) < 4.78 is 0. The van der Waals surface area contributed by atoms with E-state index in [9.17, 15) is 9.90 Å². The summed E-state index contributed by atoms with van der Waals surface area (Å²) in [6.07, 6.45) is 4.01. The quantitative estimate of drug-likeness (QED) is 0.597. The van der Waals surface area contributed by atoms with Crippen LogP contribution in [0, 0.1) is 0 Å². The Bertz CT molecular complexity index is 177. The van der Waals surface area contributed by atoms with E-state index in [1.54, 1.807) is 6.08 Å². The van der Waals surface area contributed by atoms with Gasteiger partial charge in [-0.3, -0.25) is 4.79 Å². The van der Waals surface area contributed by atoms with Crippen LogP contribution in [0.15, 0.2) is 12.7 Å². The van der Waals surface area contributed by atoms with Gasteiger partial charge in [-0.15, -0.1) is 6.58 Å². The Morgan fingerprint density at radius 3 is 2.62 bits per heavy atom. The van der Waals surface area contributed by atoms with Gasteiger partial charge in [-0.1, -0.05) is 13.0 Å². The smallest absolute Gasteiger partial charge is 0.303 e. The molecule has 3 heteroatoms. The Morgan fingerprint density at radius 1 is 1.62 bits per heavy atom. The zero-order valence-electron chi connectivity index (χ0n) is 8.12. The molecule has 1 atom stereocenters. The van der Waals surface area contributed by atoms with Gasteiger partial charge in [0, 0.05) is 6.42 Å². The molecule has 3 nitrogen and oxygen atoms in total. The summed E-state index contributed by atoms with van der Waals surface area (Å²) in [7, 11) is 0. The molecule has 0 saturated carbocycles. The van der Waals surface area contributed by atoms with Crippen LogP contribution in [0.3, 0.4) is 0 Å². The summed E-state index contributed by atoms with van der Waals surface area (Å²) in [5.74, 6) is -0.808. The van der Waals surface area contributed by atoms with E-state index in [1.807, 2.05) is 6.92 Å². The molecule has 0 aliphatic rings. The lowest BCUT2D eigenvalue weighted by molar-refractivity contribution is -0.137. The van der Waals surface area contributed by atoms with E-state index in [-0.39, 0.29) is 6.42 Å². The van der Waals surface area contributed by atoms with Gasteiger partial charge in [0.05, 0.1) is 5.60 Å². The minimum Gasteiger partial charge on any atom is -0.481 e. The maximum atomic E-state index is 10.2. The zero-order chi connectivity index (χ0) is 10.3. The van der Waals surface area contributed by atoms with Crippen molar-refractivity contribution in [3.05, 3.63) is 12.7 Å². The average molecular weight is 186 g/mol. The molecule has 0 heterocycles. The summed E-state index contributed by atoms with van der Waals surface area (Å²) in [5.41, 5.74) is -0.753. The van der Waals surface area contributed by atoms with Crippen molar-refractivity contribution in [2.24, 2.45) is 0 Å². The van der Waals surface area contributed by atoms with Gasteiger partial charge >= 0.3 is 5.97 Å². The predicted octanol–water partition coefficient (Wildman–Crippen LogP) is 1.96. The Morgan fingerprint density at radius 2 is 2.23 bits per heavy atom. The lowest BCUT2D eigenvalue weighted by Gasteiger charge is -2.24. The maximum absolute atomic E-state index is 10.2. The highest BCUT2D eigenvalue weighted by molar-refractivity contribution is 5.66. The minimum atomic E-state index is -0.808. The van der Waals surface area contributed by atoms with Gasteiger partial charge in [-0.2, -0.15) is 0 Å². The van der Waals surface area contributed by atoms with Crippen LogP contribution >= 0.6 is 0 Å². The summed E-state index contributed by atoms with van der Waals surface area (Å²) in [4.78, 5) is 10.2. The van der Waals surface area contributed by atoms with Crippen molar-refractivity contribution in [2.75, 3.05) is 0 Å². The number of carboxylic acid groups (broad SMARTS) is 1. The fourth-order valence-electron chi connectivity index (χ4n) is 1.26. The van der Waals surface area contributed by atoms with Crippen LogP contribution < -0.4 is 0 Å². The van der Waals surface area contributed by atoms with Crippen molar-refractivity contribution in [3.8, 4) is 0 Å². The number of carboxylic acids is 1. The molecule has 0 fully saturated rings. The third kappa shape index (κ3) is 5.42. The van der Waals surface area contributed by atoms with Crippen molar-refractivity contribution in [1.29, 1.82) is 0 Å². The highest BCUT2D eigenvalue weighted by Gasteiger charge is 2.22. The van der Waals surface area contributed by atoms with Crippen molar-refractivity contribution < 1.29 is 15.0 Å². The largest absolute Gasteiger partial charge is 0.481 e. The van der Waals surface area contributed by atoms with E-state index >= 15 is 0 Å². The lowest BCUT2D eigenvalue weighted by atomic mass is 9.90. The summed E-state index contributed by atoms with van der Waals surface area (Å²) in [6.45, 7) is 5.45. The molecule has 1 unspecified atom stereocenters. The van der Waals surface area contributed by atoms with Gasteiger partial charge in [0.15, 0.2) is 0 Å². The standard InChI is InChI=1S/C10H18O3/c1-3-7-10(13,4-2)8-5-6-9(11)12/h3,13H,1,4-8H2,2H3,(H,11,12). The molecule has 2 N–H and O–H groups in total. The van der Waals surface area contributed by atoms with Gasteiger partial charge in [0.2, 0.25) is 0 Å². The number of carbonyl (C=O) groups is 1. The summed E-state index contributed by atoms with van der Waals surface area (Å²) >= 11 is 0. The number of rotatable bonds is 7. The first kappa shape index (κ1) is 12.2. The van der Waals surface area contributed by atoms with Crippen LogP contribution in [0.1, 0.15) is 39.0 Å². The predicted molar refractivity (Wildman–Crippen MR) is 51.5 cm³/mol. The van der Waals surface area contributed by atoms with Crippen LogP contribution in [-0.2, 0) is 4.79 Å². The topological polar surface area (TPSA) is 57.5 Å². The SMILES string of the molecule is C=CCC(O)(CC)CCCC(=O)O. The van der Waals surface area contributed by atoms with E-state index in [0.29, 0.717) is 25.7 Å². The summed E-state index contributed by atoms with van der Waals surface area (Å²) in [6, 6.07) is 0. The first-order valence-electron chi connectivity index (χ1n) is 4.59. The third-order valence-corrected chi connectivity index (χ3v) is 2.22. The van der Waals surface area contributed by atoms with Gasteiger partial charge in [0.25, 0.3) is 0 Å². The number of aliphatic hydroxyl groups is 1. The molecule has 0 aromatic heterocycles. The fourth-order valence-corrected chi connectivity index (χ4v) is 1.26. The molecule has 0 spiro atoms. The number of hydrogen-bond donors (Lipinski definition) is 2. The molecular weight excluding hydrogens is 168 g/mol. The number of aliphatic carboxylic acids is 1. The molecule has 0 bridgehead atoms. The van der Waals surface area contributed by atoms with Crippen LogP contribution in [0.4, 0.5) is 0 Å². The van der Waals surface area contributed by atoms with Crippen LogP contribution in [0.25, 0.3) is 0 Å². The number of hydrogen-bond acceptors (Lipinski definition) is 2. The van der Waals surface area contributed by atoms with Crippen LogP contribution in [0.5, 0.6) is 0 Å². The van der Waals surface area contributed by atoms with Gasteiger partial charge in [-0.05, 0) is 25.7 Å². The van der Waals surface area contributed by atoms with Crippen molar-refractivity contribution in [3.63, 3.8) is 0 Å². The van der Waals surface area contributed by atoms with E-state index in [1.165, 1.54) is 0 Å². The second-order valence-corrected chi connectivity index (χ2v) is 3.32. The Kier molecular flexibility index (Phi) is 5.39. The molecule has 0 saturated heterocycles. The van der Waals surface area contributed by atoms with E-state index < -0.39 is 11.6 Å². The molecule has 0 aromatic rings. The fraction of sp³-hybridized carbons (Fsp3) is 0.700. The van der Waals surface area contributed by atoms with Crippen LogP contribution in [0.2, 0.25) is 0 Å². The van der Waals surface area contributed by atoms with Gasteiger partial charge in [-0.25, -0.2) is 0 Å². The van der Waals surface area contributed by atoms with E-state index in [4.69, 9.17) is 5.11 Å². The molecule has 0 aromatic carbocycles. The second kappa shape index (κ2) is 5.75. The van der Waals surface area contributed by atoms with E-state index in [2.05, 4.69) is 6.58 Å². The van der Waals surface area contributed by atoms with E-state index in [0.717, 1.165) is 0 Å². The second-order valence-electron chi connectivity index (χ2n) is 3.32. The molecule has 76 valence electrons. The van der Waals surface area contributed by atoms with Gasteiger partial charge < -0.3 is 10.2 Å². The Hall–Kier alpha value is -0.830. The molecule has 0 radical (unpaired) electrons. The molecule has 13 heavy (non-hydrogen) atoms. The lowest BCUT2D eigenvalue weighted by Crippen LogP contribution is -2.26. The molecule has 0 amide bonds. The van der Waals surface area contributed by atoms with Crippen molar-refractivity contribution >= 4 is 5.97 Å². The normalized spacial score (nSPS) is 14.9. The van der Waals surface area contributed by atoms with Gasteiger partial charge in [0.1, 0.15) is 0 Å². The Balaban J connectivity index is 3.82. The van der Waals surface area contributed by atoms with Crippen LogP contribution in [-0.4, -0.2) is 21.8 Å². The summed E-state index contributed by atoms with van der Waals surface area (Å²) in [5, 5.41) is 18.3. The maximum Gasteiger partial charge on any atom is 0.303 e. The monoisotopic (exact) mass is 186 g/mol. The third-order valence-electron chi connectivity index (χ3n) is 2.22. The Labute approximate surface area is 79.1 Å². The highest BCUT2D eigenvalue weighted by atomic mass is 16.4. The highest BCUT2D eigenvalue weighted by Crippen LogP contribution is 2.22. The van der Waals surface area contributed by atoms with Crippen molar-refractivity contribution in [1.82, 2.24) is 0 Å². The average Bonchev–Trinajstić information content (AvgIpc) is 2.04. The first-order valence-corrected chi connectivity index (χ1v) is 4.59.